The molecule has 0 amide bonds. The van der Waals surface area contributed by atoms with E-state index in [9.17, 15) is 4.39 Å². The van der Waals surface area contributed by atoms with Crippen molar-refractivity contribution in [2.75, 3.05) is 0 Å². The highest BCUT2D eigenvalue weighted by atomic mass is 35.5. The molecule has 106 valence electrons. The van der Waals surface area contributed by atoms with Crippen LogP contribution in [0.25, 0.3) is 11.0 Å². The Morgan fingerprint density at radius 2 is 1.70 bits per heavy atom. The molecule has 6 heteroatoms. The summed E-state index contributed by atoms with van der Waals surface area (Å²) in [4.78, 5) is 4.28. The SMILES string of the molecule is Cl.Fc1ccc(Cn2c(Cl)nc3ccccc32)cc1.O. The maximum Gasteiger partial charge on any atom is 0.204 e. The molecule has 0 fully saturated rings. The lowest BCUT2D eigenvalue weighted by Gasteiger charge is -2.05. The molecule has 20 heavy (non-hydrogen) atoms. The van der Waals surface area contributed by atoms with Gasteiger partial charge in [-0.1, -0.05) is 24.3 Å². The highest BCUT2D eigenvalue weighted by molar-refractivity contribution is 6.29. The maximum absolute atomic E-state index is 12.9. The predicted molar refractivity (Wildman–Crippen MR) is 81.1 cm³/mol. The first-order chi connectivity index (χ1) is 8.74. The highest BCUT2D eigenvalue weighted by Gasteiger charge is 2.08. The molecule has 0 unspecified atom stereocenters. The Hall–Kier alpha value is -1.62. The lowest BCUT2D eigenvalue weighted by atomic mass is 10.2. The topological polar surface area (TPSA) is 49.3 Å². The number of fused-ring (bicyclic) bond motifs is 1. The van der Waals surface area contributed by atoms with Crippen molar-refractivity contribution in [1.29, 1.82) is 0 Å². The van der Waals surface area contributed by atoms with Crippen molar-refractivity contribution >= 4 is 35.0 Å². The van der Waals surface area contributed by atoms with Crippen LogP contribution in [-0.2, 0) is 6.54 Å². The minimum Gasteiger partial charge on any atom is -0.412 e. The summed E-state index contributed by atoms with van der Waals surface area (Å²) < 4.78 is 14.8. The number of hydrogen-bond acceptors (Lipinski definition) is 1. The highest BCUT2D eigenvalue weighted by Crippen LogP contribution is 2.21. The van der Waals surface area contributed by atoms with Crippen molar-refractivity contribution in [1.82, 2.24) is 9.55 Å². The average molecular weight is 315 g/mol. The molecule has 0 aliphatic rings. The van der Waals surface area contributed by atoms with Crippen molar-refractivity contribution in [3.63, 3.8) is 0 Å². The Morgan fingerprint density at radius 3 is 2.40 bits per heavy atom. The molecule has 0 spiro atoms. The normalized spacial score (nSPS) is 9.90. The van der Waals surface area contributed by atoms with Gasteiger partial charge in [-0.15, -0.1) is 12.4 Å². The van der Waals surface area contributed by atoms with E-state index in [0.717, 1.165) is 16.6 Å². The van der Waals surface area contributed by atoms with E-state index in [-0.39, 0.29) is 23.7 Å². The summed E-state index contributed by atoms with van der Waals surface area (Å²) in [5.74, 6) is -0.236. The number of hydrogen-bond donors (Lipinski definition) is 0. The third-order valence-corrected chi connectivity index (χ3v) is 3.15. The van der Waals surface area contributed by atoms with Gasteiger partial charge in [-0.3, -0.25) is 0 Å². The van der Waals surface area contributed by atoms with Crippen molar-refractivity contribution < 1.29 is 9.87 Å². The lowest BCUT2D eigenvalue weighted by molar-refractivity contribution is 0.626. The van der Waals surface area contributed by atoms with Crippen molar-refractivity contribution in [3.05, 3.63) is 65.2 Å². The summed E-state index contributed by atoms with van der Waals surface area (Å²) in [5.41, 5.74) is 2.83. The van der Waals surface area contributed by atoms with E-state index < -0.39 is 0 Å². The van der Waals surface area contributed by atoms with Gasteiger partial charge in [0.05, 0.1) is 17.6 Å². The Bertz CT molecular complexity index is 698. The standard InChI is InChI=1S/C14H10ClFN2.ClH.H2O/c15-14-17-12-3-1-2-4-13(12)18(14)9-10-5-7-11(16)8-6-10;;/h1-8H,9H2;1H;1H2. The van der Waals surface area contributed by atoms with Crippen LogP contribution in [0, 0.1) is 5.82 Å². The van der Waals surface area contributed by atoms with Crippen molar-refractivity contribution in [2.24, 2.45) is 0 Å². The van der Waals surface area contributed by atoms with Gasteiger partial charge in [0.25, 0.3) is 0 Å². The van der Waals surface area contributed by atoms with Crippen molar-refractivity contribution in [2.45, 2.75) is 6.54 Å². The number of aromatic nitrogens is 2. The summed E-state index contributed by atoms with van der Waals surface area (Å²) >= 11 is 6.13. The van der Waals surface area contributed by atoms with Gasteiger partial charge in [-0.2, -0.15) is 0 Å². The molecular weight excluding hydrogens is 302 g/mol. The number of nitrogens with zero attached hydrogens (tertiary/aromatic N) is 2. The predicted octanol–water partition coefficient (Wildman–Crippen LogP) is 3.47. The van der Waals surface area contributed by atoms with Crippen molar-refractivity contribution in [3.8, 4) is 0 Å². The third kappa shape index (κ3) is 3.10. The average Bonchev–Trinajstić information content (AvgIpc) is 2.69. The minimum absolute atomic E-state index is 0. The minimum atomic E-state index is -0.236. The van der Waals surface area contributed by atoms with Crippen LogP contribution in [0.4, 0.5) is 4.39 Å². The van der Waals surface area contributed by atoms with Gasteiger partial charge < -0.3 is 10.0 Å². The van der Waals surface area contributed by atoms with E-state index in [2.05, 4.69) is 4.98 Å². The largest absolute Gasteiger partial charge is 0.412 e. The number of benzene rings is 2. The quantitative estimate of drug-likeness (QED) is 0.714. The fraction of sp³-hybridized carbons (Fsp3) is 0.0714. The van der Waals surface area contributed by atoms with Gasteiger partial charge in [0.15, 0.2) is 0 Å². The van der Waals surface area contributed by atoms with Crippen LogP contribution in [0.3, 0.4) is 0 Å². The Kier molecular flexibility index (Phi) is 5.51. The summed E-state index contributed by atoms with van der Waals surface area (Å²) in [5, 5.41) is 0.445. The zero-order valence-corrected chi connectivity index (χ0v) is 12.0. The van der Waals surface area contributed by atoms with Gasteiger partial charge in [-0.05, 0) is 41.4 Å². The number of halogens is 3. The molecule has 0 atom stereocenters. The van der Waals surface area contributed by atoms with Crippen LogP contribution in [0.2, 0.25) is 5.28 Å². The van der Waals surface area contributed by atoms with Gasteiger partial charge in [0.1, 0.15) is 5.82 Å². The van der Waals surface area contributed by atoms with Gasteiger partial charge in [-0.25, -0.2) is 9.37 Å². The third-order valence-electron chi connectivity index (χ3n) is 2.86. The van der Waals surface area contributed by atoms with E-state index in [0.29, 0.717) is 11.8 Å². The Morgan fingerprint density at radius 1 is 1.05 bits per heavy atom. The van der Waals surface area contributed by atoms with Gasteiger partial charge in [0.2, 0.25) is 5.28 Å². The van der Waals surface area contributed by atoms with Crippen LogP contribution >= 0.6 is 24.0 Å². The van der Waals surface area contributed by atoms with Gasteiger partial charge >= 0.3 is 0 Å². The van der Waals surface area contributed by atoms with Crippen LogP contribution in [0.15, 0.2) is 48.5 Å². The van der Waals surface area contributed by atoms with E-state index in [1.54, 1.807) is 12.1 Å². The fourth-order valence-electron chi connectivity index (χ4n) is 1.97. The zero-order chi connectivity index (χ0) is 12.5. The van der Waals surface area contributed by atoms with Gasteiger partial charge in [0, 0.05) is 0 Å². The smallest absolute Gasteiger partial charge is 0.204 e. The molecule has 0 saturated heterocycles. The molecule has 3 nitrogen and oxygen atoms in total. The number of imidazole rings is 1. The van der Waals surface area contributed by atoms with E-state index in [4.69, 9.17) is 11.6 Å². The van der Waals surface area contributed by atoms with Crippen LogP contribution < -0.4 is 0 Å². The molecule has 0 bridgehead atoms. The second-order valence-corrected chi connectivity index (χ2v) is 4.42. The van der Waals surface area contributed by atoms with Crippen LogP contribution in [0.5, 0.6) is 0 Å². The molecule has 3 aromatic rings. The Labute approximate surface area is 126 Å². The maximum atomic E-state index is 12.9. The summed E-state index contributed by atoms with van der Waals surface area (Å²) in [7, 11) is 0. The molecule has 2 aromatic carbocycles. The summed E-state index contributed by atoms with van der Waals surface area (Å²) in [6, 6.07) is 14.2. The molecule has 0 aliphatic carbocycles. The molecule has 0 saturated carbocycles. The molecule has 0 radical (unpaired) electrons. The first-order valence-electron chi connectivity index (χ1n) is 5.59. The molecule has 3 rings (SSSR count). The molecule has 1 aromatic heterocycles. The first-order valence-corrected chi connectivity index (χ1v) is 5.97. The molecule has 0 aliphatic heterocycles. The second kappa shape index (κ2) is 6.70. The first kappa shape index (κ1) is 16.4. The number of para-hydroxylation sites is 2. The summed E-state index contributed by atoms with van der Waals surface area (Å²) in [6.45, 7) is 0.583. The zero-order valence-electron chi connectivity index (χ0n) is 10.4. The van der Waals surface area contributed by atoms with Crippen LogP contribution in [-0.4, -0.2) is 15.0 Å². The summed E-state index contributed by atoms with van der Waals surface area (Å²) in [6.07, 6.45) is 0. The fourth-order valence-corrected chi connectivity index (χ4v) is 2.21. The van der Waals surface area contributed by atoms with Crippen LogP contribution in [0.1, 0.15) is 5.56 Å². The van der Waals surface area contributed by atoms with E-state index in [1.165, 1.54) is 12.1 Å². The monoisotopic (exact) mass is 314 g/mol. The lowest BCUT2D eigenvalue weighted by Crippen LogP contribution is -1.99. The molecule has 2 N–H and O–H groups in total. The number of rotatable bonds is 2. The van der Waals surface area contributed by atoms with E-state index in [1.807, 2.05) is 28.8 Å². The van der Waals surface area contributed by atoms with E-state index >= 15 is 0 Å². The second-order valence-electron chi connectivity index (χ2n) is 4.08. The molecular formula is C14H13Cl2FN2O. The molecule has 1 heterocycles. The Balaban J connectivity index is 0.000001000.